The quantitative estimate of drug-likeness (QED) is 0.771. The molecule has 0 spiro atoms. The van der Waals surface area contributed by atoms with E-state index in [9.17, 15) is 5.11 Å². The second-order valence-electron chi connectivity index (χ2n) is 5.41. The lowest BCUT2D eigenvalue weighted by Gasteiger charge is -2.45. The van der Waals surface area contributed by atoms with Crippen LogP contribution in [0, 0.1) is 5.41 Å². The molecule has 1 aliphatic rings. The standard InChI is InChI=1S/C12H25NO2/c1-12(2)6-5-10(14)9-11(12)13(3)7-8-15-4/h10-11,14H,5-9H2,1-4H3. The summed E-state index contributed by atoms with van der Waals surface area (Å²) in [5.41, 5.74) is 0.307. The van der Waals surface area contributed by atoms with Gasteiger partial charge in [-0.3, -0.25) is 0 Å². The van der Waals surface area contributed by atoms with Gasteiger partial charge in [0.15, 0.2) is 0 Å². The highest BCUT2D eigenvalue weighted by Gasteiger charge is 2.37. The van der Waals surface area contributed by atoms with Crippen molar-refractivity contribution in [2.75, 3.05) is 27.3 Å². The minimum Gasteiger partial charge on any atom is -0.393 e. The van der Waals surface area contributed by atoms with Gasteiger partial charge in [-0.1, -0.05) is 13.8 Å². The van der Waals surface area contributed by atoms with Crippen LogP contribution in [0.25, 0.3) is 0 Å². The molecule has 2 unspecified atom stereocenters. The van der Waals surface area contributed by atoms with Gasteiger partial charge in [0.1, 0.15) is 0 Å². The van der Waals surface area contributed by atoms with Crippen LogP contribution in [-0.2, 0) is 4.74 Å². The monoisotopic (exact) mass is 215 g/mol. The number of ether oxygens (including phenoxy) is 1. The minimum absolute atomic E-state index is 0.118. The number of nitrogens with zero attached hydrogens (tertiary/aromatic N) is 1. The molecule has 3 heteroatoms. The Morgan fingerprint density at radius 2 is 2.13 bits per heavy atom. The molecule has 0 aromatic heterocycles. The zero-order chi connectivity index (χ0) is 11.5. The van der Waals surface area contributed by atoms with Crippen LogP contribution < -0.4 is 0 Å². The first-order valence-electron chi connectivity index (χ1n) is 5.84. The lowest BCUT2D eigenvalue weighted by Crippen LogP contribution is -2.49. The summed E-state index contributed by atoms with van der Waals surface area (Å²) in [6, 6.07) is 0.469. The third-order valence-corrected chi connectivity index (χ3v) is 3.70. The van der Waals surface area contributed by atoms with Gasteiger partial charge in [-0.2, -0.15) is 0 Å². The smallest absolute Gasteiger partial charge is 0.0589 e. The summed E-state index contributed by atoms with van der Waals surface area (Å²) in [6.07, 6.45) is 2.83. The third kappa shape index (κ3) is 3.44. The van der Waals surface area contributed by atoms with Crippen molar-refractivity contribution in [3.63, 3.8) is 0 Å². The second-order valence-corrected chi connectivity index (χ2v) is 5.41. The molecule has 2 atom stereocenters. The fraction of sp³-hybridized carbons (Fsp3) is 1.00. The molecule has 15 heavy (non-hydrogen) atoms. The van der Waals surface area contributed by atoms with Crippen LogP contribution in [0.2, 0.25) is 0 Å². The number of methoxy groups -OCH3 is 1. The van der Waals surface area contributed by atoms with Crippen LogP contribution in [0.4, 0.5) is 0 Å². The molecule has 1 N–H and O–H groups in total. The van der Waals surface area contributed by atoms with E-state index in [4.69, 9.17) is 4.74 Å². The van der Waals surface area contributed by atoms with Crippen LogP contribution in [0.5, 0.6) is 0 Å². The minimum atomic E-state index is -0.118. The van der Waals surface area contributed by atoms with Gasteiger partial charge in [0, 0.05) is 19.7 Å². The number of likely N-dealkylation sites (N-methyl/N-ethyl adjacent to an activating group) is 1. The van der Waals surface area contributed by atoms with Crippen molar-refractivity contribution in [3.05, 3.63) is 0 Å². The van der Waals surface area contributed by atoms with Crippen molar-refractivity contribution in [1.82, 2.24) is 4.90 Å². The maximum atomic E-state index is 9.73. The fourth-order valence-electron chi connectivity index (χ4n) is 2.57. The Labute approximate surface area is 93.4 Å². The first kappa shape index (κ1) is 12.9. The Hall–Kier alpha value is -0.120. The Kier molecular flexibility index (Phi) is 4.56. The Bertz CT molecular complexity index is 194. The summed E-state index contributed by atoms with van der Waals surface area (Å²) in [6.45, 7) is 6.30. The molecular weight excluding hydrogens is 190 g/mol. The lowest BCUT2D eigenvalue weighted by molar-refractivity contribution is -0.00822. The van der Waals surface area contributed by atoms with Crippen molar-refractivity contribution >= 4 is 0 Å². The molecule has 0 aromatic carbocycles. The van der Waals surface area contributed by atoms with E-state index in [2.05, 4.69) is 25.8 Å². The maximum Gasteiger partial charge on any atom is 0.0589 e. The van der Waals surface area contributed by atoms with Gasteiger partial charge in [0.25, 0.3) is 0 Å². The molecule has 1 aliphatic carbocycles. The molecule has 0 amide bonds. The van der Waals surface area contributed by atoms with E-state index in [-0.39, 0.29) is 6.10 Å². The van der Waals surface area contributed by atoms with Crippen molar-refractivity contribution in [1.29, 1.82) is 0 Å². The van der Waals surface area contributed by atoms with Crippen LogP contribution in [0.1, 0.15) is 33.1 Å². The van der Waals surface area contributed by atoms with E-state index in [1.54, 1.807) is 7.11 Å². The van der Waals surface area contributed by atoms with Crippen molar-refractivity contribution < 1.29 is 9.84 Å². The van der Waals surface area contributed by atoms with Crippen molar-refractivity contribution in [3.8, 4) is 0 Å². The van der Waals surface area contributed by atoms with Crippen molar-refractivity contribution in [2.24, 2.45) is 5.41 Å². The van der Waals surface area contributed by atoms with E-state index < -0.39 is 0 Å². The zero-order valence-electron chi connectivity index (χ0n) is 10.5. The van der Waals surface area contributed by atoms with E-state index >= 15 is 0 Å². The SMILES string of the molecule is COCCN(C)C1CC(O)CCC1(C)C. The maximum absolute atomic E-state index is 9.73. The average molecular weight is 215 g/mol. The highest BCUT2D eigenvalue weighted by molar-refractivity contribution is 4.91. The molecule has 1 rings (SSSR count). The van der Waals surface area contributed by atoms with Gasteiger partial charge >= 0.3 is 0 Å². The molecule has 0 radical (unpaired) electrons. The van der Waals surface area contributed by atoms with E-state index in [0.29, 0.717) is 11.5 Å². The average Bonchev–Trinajstić information content (AvgIpc) is 2.18. The lowest BCUT2D eigenvalue weighted by atomic mass is 9.71. The van der Waals surface area contributed by atoms with Gasteiger partial charge in [-0.05, 0) is 31.7 Å². The first-order valence-corrected chi connectivity index (χ1v) is 5.84. The van der Waals surface area contributed by atoms with Gasteiger partial charge < -0.3 is 14.7 Å². The summed E-state index contributed by atoms with van der Waals surface area (Å²) in [4.78, 5) is 2.33. The fourth-order valence-corrected chi connectivity index (χ4v) is 2.57. The Morgan fingerprint density at radius 1 is 1.47 bits per heavy atom. The van der Waals surface area contributed by atoms with E-state index in [0.717, 1.165) is 32.4 Å². The topological polar surface area (TPSA) is 32.7 Å². The van der Waals surface area contributed by atoms with Crippen LogP contribution in [-0.4, -0.2) is 49.5 Å². The molecule has 0 aromatic rings. The highest BCUT2D eigenvalue weighted by Crippen LogP contribution is 2.38. The molecular formula is C12H25NO2. The van der Waals surface area contributed by atoms with Gasteiger partial charge in [-0.15, -0.1) is 0 Å². The zero-order valence-corrected chi connectivity index (χ0v) is 10.5. The molecule has 0 aliphatic heterocycles. The summed E-state index contributed by atoms with van der Waals surface area (Å²) < 4.78 is 5.09. The van der Waals surface area contributed by atoms with Gasteiger partial charge in [0.2, 0.25) is 0 Å². The van der Waals surface area contributed by atoms with Gasteiger partial charge in [0.05, 0.1) is 12.7 Å². The van der Waals surface area contributed by atoms with Gasteiger partial charge in [-0.25, -0.2) is 0 Å². The largest absolute Gasteiger partial charge is 0.393 e. The summed E-state index contributed by atoms with van der Waals surface area (Å²) in [5.74, 6) is 0. The van der Waals surface area contributed by atoms with E-state index in [1.807, 2.05) is 0 Å². The summed E-state index contributed by atoms with van der Waals surface area (Å²) in [5, 5.41) is 9.73. The number of hydrogen-bond acceptors (Lipinski definition) is 3. The summed E-state index contributed by atoms with van der Waals surface area (Å²) >= 11 is 0. The second kappa shape index (κ2) is 5.28. The predicted molar refractivity (Wildman–Crippen MR) is 61.9 cm³/mol. The highest BCUT2D eigenvalue weighted by atomic mass is 16.5. The molecule has 1 fully saturated rings. The van der Waals surface area contributed by atoms with Crippen LogP contribution in [0.3, 0.4) is 0 Å². The number of aliphatic hydroxyl groups is 1. The first-order chi connectivity index (χ1) is 6.97. The number of rotatable bonds is 4. The molecule has 1 saturated carbocycles. The third-order valence-electron chi connectivity index (χ3n) is 3.70. The molecule has 90 valence electrons. The molecule has 3 nitrogen and oxygen atoms in total. The predicted octanol–water partition coefficient (Wildman–Crippen LogP) is 1.50. The number of aliphatic hydroxyl groups excluding tert-OH is 1. The van der Waals surface area contributed by atoms with Crippen molar-refractivity contribution in [2.45, 2.75) is 45.3 Å². The van der Waals surface area contributed by atoms with Crippen LogP contribution >= 0.6 is 0 Å². The van der Waals surface area contributed by atoms with Crippen LogP contribution in [0.15, 0.2) is 0 Å². The molecule has 0 saturated heterocycles. The Morgan fingerprint density at radius 3 is 2.73 bits per heavy atom. The Balaban J connectivity index is 2.55. The normalized spacial score (nSPS) is 30.8. The van der Waals surface area contributed by atoms with E-state index in [1.165, 1.54) is 0 Å². The number of hydrogen-bond donors (Lipinski definition) is 1. The molecule has 0 bridgehead atoms. The molecule has 0 heterocycles. The summed E-state index contributed by atoms with van der Waals surface area (Å²) in [7, 11) is 3.86.